The molecule has 1 nitrogen and oxygen atoms in total. The molecule has 1 saturated carbocycles. The smallest absolute Gasteiger partial charge is 0.253 e. The molecular weight excluding hydrogens is 208 g/mol. The number of hydrogen-bond donors (Lipinski definition) is 1. The second-order valence-corrected chi connectivity index (χ2v) is 4.44. The predicted molar refractivity (Wildman–Crippen MR) is 55.2 cm³/mol. The minimum atomic E-state index is -2.40. The van der Waals surface area contributed by atoms with Gasteiger partial charge in [-0.05, 0) is 38.8 Å². The van der Waals surface area contributed by atoms with Gasteiger partial charge in [-0.2, -0.15) is 0 Å². The fraction of sp³-hybridized carbons (Fsp3) is 1.00. The third kappa shape index (κ3) is 1.89. The van der Waals surface area contributed by atoms with Crippen molar-refractivity contribution in [2.45, 2.75) is 44.4 Å². The lowest BCUT2D eigenvalue weighted by molar-refractivity contribution is -0.161. The highest BCUT2D eigenvalue weighted by Crippen LogP contribution is 2.53. The molecule has 1 saturated heterocycles. The van der Waals surface area contributed by atoms with Crippen LogP contribution in [0.15, 0.2) is 0 Å². The van der Waals surface area contributed by atoms with E-state index in [1.165, 1.54) is 0 Å². The molecule has 2 rings (SSSR count). The van der Waals surface area contributed by atoms with Crippen LogP contribution in [0.3, 0.4) is 0 Å². The van der Waals surface area contributed by atoms with Gasteiger partial charge in [-0.15, -0.1) is 12.4 Å². The zero-order chi connectivity index (χ0) is 9.36. The standard InChI is InChI=1S/C10H17F2N.ClH/c11-10(12)4-2-1-3-9(10)5-7-13-8-6-9;/h13H,1-8H2;1H. The fourth-order valence-corrected chi connectivity index (χ4v) is 2.78. The summed E-state index contributed by atoms with van der Waals surface area (Å²) in [6, 6.07) is 0. The SMILES string of the molecule is Cl.FC1(F)CCCCC12CCNCC2. The molecule has 84 valence electrons. The molecule has 1 spiro atoms. The maximum atomic E-state index is 13.7. The zero-order valence-electron chi connectivity index (χ0n) is 8.32. The molecule has 2 fully saturated rings. The van der Waals surface area contributed by atoms with E-state index in [-0.39, 0.29) is 18.8 Å². The summed E-state index contributed by atoms with van der Waals surface area (Å²) in [7, 11) is 0. The van der Waals surface area contributed by atoms with Crippen molar-refractivity contribution < 1.29 is 8.78 Å². The van der Waals surface area contributed by atoms with Gasteiger partial charge in [0.1, 0.15) is 0 Å². The third-order valence-corrected chi connectivity index (χ3v) is 3.73. The molecule has 2 aliphatic rings. The lowest BCUT2D eigenvalue weighted by Crippen LogP contribution is -2.50. The quantitative estimate of drug-likeness (QED) is 0.669. The van der Waals surface area contributed by atoms with E-state index in [1.54, 1.807) is 0 Å². The van der Waals surface area contributed by atoms with Crippen molar-refractivity contribution in [3.63, 3.8) is 0 Å². The summed E-state index contributed by atoms with van der Waals surface area (Å²) < 4.78 is 27.4. The number of rotatable bonds is 0. The summed E-state index contributed by atoms with van der Waals surface area (Å²) in [5.74, 6) is -2.40. The Balaban J connectivity index is 0.000000980. The molecule has 4 heteroatoms. The summed E-state index contributed by atoms with van der Waals surface area (Å²) in [5.41, 5.74) is -0.642. The van der Waals surface area contributed by atoms with Crippen molar-refractivity contribution in [3.05, 3.63) is 0 Å². The Hall–Kier alpha value is 0.110. The molecule has 0 aromatic rings. The first-order valence-corrected chi connectivity index (χ1v) is 5.25. The van der Waals surface area contributed by atoms with Crippen molar-refractivity contribution in [1.82, 2.24) is 5.32 Å². The highest BCUT2D eigenvalue weighted by Gasteiger charge is 2.54. The van der Waals surface area contributed by atoms with Crippen LogP contribution < -0.4 is 5.32 Å². The summed E-state index contributed by atoms with van der Waals surface area (Å²) >= 11 is 0. The van der Waals surface area contributed by atoms with Gasteiger partial charge in [-0.25, -0.2) is 8.78 Å². The first-order chi connectivity index (χ1) is 6.16. The molecule has 14 heavy (non-hydrogen) atoms. The van der Waals surface area contributed by atoms with Gasteiger partial charge in [0.25, 0.3) is 5.92 Å². The average molecular weight is 226 g/mol. The Labute approximate surface area is 90.0 Å². The largest absolute Gasteiger partial charge is 0.317 e. The lowest BCUT2D eigenvalue weighted by atomic mass is 9.66. The van der Waals surface area contributed by atoms with E-state index in [0.717, 1.165) is 25.9 Å². The van der Waals surface area contributed by atoms with E-state index in [4.69, 9.17) is 0 Å². The molecule has 0 aromatic carbocycles. The Morgan fingerprint density at radius 3 is 2.00 bits per heavy atom. The summed E-state index contributed by atoms with van der Waals surface area (Å²) in [6.45, 7) is 1.55. The molecule has 0 atom stereocenters. The Morgan fingerprint density at radius 1 is 0.857 bits per heavy atom. The molecule has 0 aromatic heterocycles. The molecule has 1 N–H and O–H groups in total. The van der Waals surface area contributed by atoms with Gasteiger partial charge in [-0.3, -0.25) is 0 Å². The van der Waals surface area contributed by atoms with Gasteiger partial charge in [0.05, 0.1) is 0 Å². The van der Waals surface area contributed by atoms with Crippen molar-refractivity contribution in [2.24, 2.45) is 5.41 Å². The van der Waals surface area contributed by atoms with Crippen molar-refractivity contribution in [1.29, 1.82) is 0 Å². The average Bonchev–Trinajstić information content (AvgIpc) is 2.12. The van der Waals surface area contributed by atoms with Gasteiger partial charge in [0, 0.05) is 11.8 Å². The predicted octanol–water partition coefficient (Wildman–Crippen LogP) is 2.99. The Kier molecular flexibility index (Phi) is 3.75. The molecule has 1 aliphatic heterocycles. The van der Waals surface area contributed by atoms with E-state index < -0.39 is 11.3 Å². The van der Waals surface area contributed by atoms with Gasteiger partial charge < -0.3 is 5.32 Å². The van der Waals surface area contributed by atoms with Crippen LogP contribution in [-0.2, 0) is 0 Å². The lowest BCUT2D eigenvalue weighted by Gasteiger charge is -2.46. The van der Waals surface area contributed by atoms with Crippen molar-refractivity contribution in [3.8, 4) is 0 Å². The molecule has 0 radical (unpaired) electrons. The van der Waals surface area contributed by atoms with Crippen LogP contribution in [0.2, 0.25) is 0 Å². The summed E-state index contributed by atoms with van der Waals surface area (Å²) in [5, 5.41) is 3.16. The normalized spacial score (nSPS) is 29.6. The van der Waals surface area contributed by atoms with Crippen LogP contribution in [0.5, 0.6) is 0 Å². The second-order valence-electron chi connectivity index (χ2n) is 4.44. The number of hydrogen-bond acceptors (Lipinski definition) is 1. The number of piperidine rings is 1. The maximum Gasteiger partial charge on any atom is 0.253 e. The van der Waals surface area contributed by atoms with Crippen LogP contribution >= 0.6 is 12.4 Å². The van der Waals surface area contributed by atoms with E-state index in [2.05, 4.69) is 5.32 Å². The van der Waals surface area contributed by atoms with Crippen LogP contribution in [0.4, 0.5) is 8.78 Å². The fourth-order valence-electron chi connectivity index (χ4n) is 2.78. The first kappa shape index (κ1) is 12.2. The molecular formula is C10H18ClF2N. The van der Waals surface area contributed by atoms with E-state index in [9.17, 15) is 8.78 Å². The maximum absolute atomic E-state index is 13.7. The molecule has 1 aliphatic carbocycles. The summed E-state index contributed by atoms with van der Waals surface area (Å²) in [6.07, 6.45) is 3.90. The van der Waals surface area contributed by atoms with Crippen LogP contribution in [-0.4, -0.2) is 19.0 Å². The molecule has 1 heterocycles. The van der Waals surface area contributed by atoms with E-state index >= 15 is 0 Å². The summed E-state index contributed by atoms with van der Waals surface area (Å²) in [4.78, 5) is 0. The van der Waals surface area contributed by atoms with Crippen LogP contribution in [0.1, 0.15) is 38.5 Å². The van der Waals surface area contributed by atoms with Gasteiger partial charge in [-0.1, -0.05) is 6.42 Å². The molecule has 0 amide bonds. The highest BCUT2D eigenvalue weighted by atomic mass is 35.5. The monoisotopic (exact) mass is 225 g/mol. The molecule has 0 unspecified atom stereocenters. The van der Waals surface area contributed by atoms with Crippen molar-refractivity contribution >= 4 is 12.4 Å². The third-order valence-electron chi connectivity index (χ3n) is 3.73. The number of alkyl halides is 2. The highest BCUT2D eigenvalue weighted by molar-refractivity contribution is 5.85. The first-order valence-electron chi connectivity index (χ1n) is 5.25. The number of halogens is 3. The van der Waals surface area contributed by atoms with Gasteiger partial charge in [0.2, 0.25) is 0 Å². The van der Waals surface area contributed by atoms with Crippen LogP contribution in [0, 0.1) is 5.41 Å². The Morgan fingerprint density at radius 2 is 1.43 bits per heavy atom. The Bertz CT molecular complexity index is 182. The number of nitrogens with one attached hydrogen (secondary N) is 1. The minimum Gasteiger partial charge on any atom is -0.317 e. The minimum absolute atomic E-state index is 0. The van der Waals surface area contributed by atoms with E-state index in [1.807, 2.05) is 0 Å². The van der Waals surface area contributed by atoms with Crippen LogP contribution in [0.25, 0.3) is 0 Å². The van der Waals surface area contributed by atoms with Gasteiger partial charge in [0.15, 0.2) is 0 Å². The zero-order valence-corrected chi connectivity index (χ0v) is 9.14. The van der Waals surface area contributed by atoms with Gasteiger partial charge >= 0.3 is 0 Å². The van der Waals surface area contributed by atoms with Crippen molar-refractivity contribution in [2.75, 3.05) is 13.1 Å². The molecule has 0 bridgehead atoms. The second kappa shape index (κ2) is 4.31. The topological polar surface area (TPSA) is 12.0 Å². The van der Waals surface area contributed by atoms with E-state index in [0.29, 0.717) is 19.3 Å².